The molecule has 2 rings (SSSR count). The van der Waals surface area contributed by atoms with E-state index in [-0.39, 0.29) is 24.1 Å². The number of nitrogens with zero attached hydrogens (tertiary/aromatic N) is 3. The van der Waals surface area contributed by atoms with Crippen molar-refractivity contribution in [3.8, 4) is 0 Å². The highest BCUT2D eigenvalue weighted by atomic mass is 16.6. The molecule has 8 nitrogen and oxygen atoms in total. The van der Waals surface area contributed by atoms with E-state index in [2.05, 4.69) is 20.6 Å². The van der Waals surface area contributed by atoms with E-state index in [0.717, 1.165) is 0 Å². The number of nitrogens with one attached hydrogen (secondary N) is 2. The molecule has 0 bridgehead atoms. The smallest absolute Gasteiger partial charge is 0.409 e. The SMILES string of the molecule is CCOC(=O)N1CCC(NC(=O)c2cnc(NC(C)C)nc2)CC1. The van der Waals surface area contributed by atoms with Crippen molar-refractivity contribution in [1.29, 1.82) is 0 Å². The first kappa shape index (κ1) is 18.0. The lowest BCUT2D eigenvalue weighted by Crippen LogP contribution is -2.46. The van der Waals surface area contributed by atoms with Gasteiger partial charge in [-0.1, -0.05) is 0 Å². The van der Waals surface area contributed by atoms with Gasteiger partial charge in [0.2, 0.25) is 5.95 Å². The number of carbonyl (C=O) groups is 2. The molecular weight excluding hydrogens is 310 g/mol. The first-order valence-electron chi connectivity index (χ1n) is 8.30. The maximum atomic E-state index is 12.2. The Morgan fingerprint density at radius 2 is 1.92 bits per heavy atom. The Morgan fingerprint density at radius 1 is 1.29 bits per heavy atom. The Hall–Kier alpha value is -2.38. The maximum Gasteiger partial charge on any atom is 0.409 e. The molecule has 2 amide bonds. The molecule has 0 spiro atoms. The fraction of sp³-hybridized carbons (Fsp3) is 0.625. The molecule has 0 unspecified atom stereocenters. The van der Waals surface area contributed by atoms with Gasteiger partial charge in [0, 0.05) is 37.6 Å². The molecule has 2 N–H and O–H groups in total. The lowest BCUT2D eigenvalue weighted by atomic mass is 10.1. The highest BCUT2D eigenvalue weighted by molar-refractivity contribution is 5.93. The zero-order valence-electron chi connectivity index (χ0n) is 14.4. The Kier molecular flexibility index (Phi) is 6.34. The van der Waals surface area contributed by atoms with Gasteiger partial charge in [-0.2, -0.15) is 0 Å². The van der Waals surface area contributed by atoms with E-state index in [1.54, 1.807) is 11.8 Å². The van der Waals surface area contributed by atoms with Gasteiger partial charge in [0.1, 0.15) is 0 Å². The number of hydrogen-bond acceptors (Lipinski definition) is 6. The number of ether oxygens (including phenoxy) is 1. The van der Waals surface area contributed by atoms with Gasteiger partial charge in [-0.3, -0.25) is 4.79 Å². The van der Waals surface area contributed by atoms with Crippen LogP contribution in [0.15, 0.2) is 12.4 Å². The zero-order valence-corrected chi connectivity index (χ0v) is 14.4. The van der Waals surface area contributed by atoms with Crippen molar-refractivity contribution in [1.82, 2.24) is 20.2 Å². The predicted molar refractivity (Wildman–Crippen MR) is 89.9 cm³/mol. The van der Waals surface area contributed by atoms with Crippen LogP contribution in [0, 0.1) is 0 Å². The van der Waals surface area contributed by atoms with Gasteiger partial charge in [-0.15, -0.1) is 0 Å². The Balaban J connectivity index is 1.82. The van der Waals surface area contributed by atoms with Crippen molar-refractivity contribution in [3.63, 3.8) is 0 Å². The molecule has 1 saturated heterocycles. The van der Waals surface area contributed by atoms with Gasteiger partial charge in [-0.25, -0.2) is 14.8 Å². The van der Waals surface area contributed by atoms with Gasteiger partial charge in [0.05, 0.1) is 12.2 Å². The summed E-state index contributed by atoms with van der Waals surface area (Å²) in [5, 5.41) is 6.04. The van der Waals surface area contributed by atoms with E-state index in [1.165, 1.54) is 12.4 Å². The van der Waals surface area contributed by atoms with Gasteiger partial charge >= 0.3 is 6.09 Å². The van der Waals surface area contributed by atoms with Crippen LogP contribution in [0.1, 0.15) is 44.0 Å². The summed E-state index contributed by atoms with van der Waals surface area (Å²) in [5.74, 6) is 0.310. The number of likely N-dealkylation sites (tertiary alicyclic amines) is 1. The Labute approximate surface area is 142 Å². The molecular formula is C16H25N5O3. The van der Waals surface area contributed by atoms with Crippen LogP contribution in [-0.2, 0) is 4.74 Å². The number of aromatic nitrogens is 2. The first-order chi connectivity index (χ1) is 11.5. The second-order valence-electron chi connectivity index (χ2n) is 6.03. The lowest BCUT2D eigenvalue weighted by molar-refractivity contribution is 0.0859. The molecule has 1 aliphatic rings. The summed E-state index contributed by atoms with van der Waals surface area (Å²) in [5.41, 5.74) is 0.428. The number of carbonyl (C=O) groups excluding carboxylic acids is 2. The van der Waals surface area contributed by atoms with Crippen molar-refractivity contribution >= 4 is 17.9 Å². The van der Waals surface area contributed by atoms with Crippen LogP contribution >= 0.6 is 0 Å². The van der Waals surface area contributed by atoms with Crippen LogP contribution in [-0.4, -0.2) is 58.6 Å². The van der Waals surface area contributed by atoms with Crippen molar-refractivity contribution in [2.24, 2.45) is 0 Å². The molecule has 0 saturated carbocycles. The van der Waals surface area contributed by atoms with E-state index in [1.807, 2.05) is 13.8 Å². The largest absolute Gasteiger partial charge is 0.450 e. The van der Waals surface area contributed by atoms with E-state index in [9.17, 15) is 9.59 Å². The standard InChI is InChI=1S/C16H25N5O3/c1-4-24-16(23)21-7-5-13(6-8-21)20-14(22)12-9-17-15(18-10-12)19-11(2)3/h9-11,13H,4-8H2,1-3H3,(H,20,22)(H,17,18,19). The Morgan fingerprint density at radius 3 is 2.46 bits per heavy atom. The molecule has 132 valence electrons. The van der Waals surface area contributed by atoms with Gasteiger partial charge < -0.3 is 20.3 Å². The quantitative estimate of drug-likeness (QED) is 0.849. The Bertz CT molecular complexity index is 553. The van der Waals surface area contributed by atoms with Crippen LogP contribution in [0.3, 0.4) is 0 Å². The second-order valence-corrected chi connectivity index (χ2v) is 6.03. The van der Waals surface area contributed by atoms with Gasteiger partial charge in [-0.05, 0) is 33.6 Å². The molecule has 8 heteroatoms. The summed E-state index contributed by atoms with van der Waals surface area (Å²) in [6.07, 6.45) is 4.15. The number of hydrogen-bond donors (Lipinski definition) is 2. The molecule has 0 aromatic carbocycles. The highest BCUT2D eigenvalue weighted by Crippen LogP contribution is 2.12. The van der Waals surface area contributed by atoms with Crippen molar-refractivity contribution < 1.29 is 14.3 Å². The molecule has 24 heavy (non-hydrogen) atoms. The summed E-state index contributed by atoms with van der Waals surface area (Å²) < 4.78 is 4.98. The molecule has 2 heterocycles. The average Bonchev–Trinajstić information content (AvgIpc) is 2.56. The molecule has 1 fully saturated rings. The molecule has 1 aliphatic heterocycles. The zero-order chi connectivity index (χ0) is 17.5. The van der Waals surface area contributed by atoms with E-state index in [0.29, 0.717) is 44.0 Å². The topological polar surface area (TPSA) is 96.5 Å². The molecule has 1 aromatic rings. The van der Waals surface area contributed by atoms with Crippen LogP contribution in [0.25, 0.3) is 0 Å². The lowest BCUT2D eigenvalue weighted by Gasteiger charge is -2.31. The summed E-state index contributed by atoms with van der Waals surface area (Å²) >= 11 is 0. The fourth-order valence-corrected chi connectivity index (χ4v) is 2.47. The summed E-state index contributed by atoms with van der Waals surface area (Å²) in [4.78, 5) is 33.8. The minimum Gasteiger partial charge on any atom is -0.450 e. The monoisotopic (exact) mass is 335 g/mol. The average molecular weight is 335 g/mol. The number of rotatable bonds is 5. The summed E-state index contributed by atoms with van der Waals surface area (Å²) in [6.45, 7) is 7.31. The normalized spacial score (nSPS) is 15.2. The first-order valence-corrected chi connectivity index (χ1v) is 8.30. The predicted octanol–water partition coefficient (Wildman–Crippen LogP) is 1.65. The van der Waals surface area contributed by atoms with Crippen LogP contribution in [0.2, 0.25) is 0 Å². The molecule has 0 aliphatic carbocycles. The van der Waals surface area contributed by atoms with Crippen LogP contribution in [0.5, 0.6) is 0 Å². The summed E-state index contributed by atoms with van der Waals surface area (Å²) in [7, 11) is 0. The van der Waals surface area contributed by atoms with E-state index < -0.39 is 0 Å². The summed E-state index contributed by atoms with van der Waals surface area (Å²) in [6, 6.07) is 0.269. The van der Waals surface area contributed by atoms with Crippen LogP contribution in [0.4, 0.5) is 10.7 Å². The van der Waals surface area contributed by atoms with Crippen molar-refractivity contribution in [2.75, 3.05) is 25.0 Å². The molecule has 0 atom stereocenters. The fourth-order valence-electron chi connectivity index (χ4n) is 2.47. The third-order valence-electron chi connectivity index (χ3n) is 3.69. The minimum absolute atomic E-state index is 0.0386. The number of amides is 2. The van der Waals surface area contributed by atoms with E-state index >= 15 is 0 Å². The number of anilines is 1. The third kappa shape index (κ3) is 5.07. The molecule has 1 aromatic heterocycles. The minimum atomic E-state index is -0.288. The molecule has 0 radical (unpaired) electrons. The van der Waals surface area contributed by atoms with Crippen molar-refractivity contribution in [3.05, 3.63) is 18.0 Å². The van der Waals surface area contributed by atoms with Crippen molar-refractivity contribution in [2.45, 2.75) is 45.7 Å². The van der Waals surface area contributed by atoms with Gasteiger partial charge in [0.15, 0.2) is 0 Å². The second kappa shape index (κ2) is 8.47. The van der Waals surface area contributed by atoms with E-state index in [4.69, 9.17) is 4.74 Å². The maximum absolute atomic E-state index is 12.2. The van der Waals surface area contributed by atoms with Crippen LogP contribution < -0.4 is 10.6 Å². The number of piperidine rings is 1. The highest BCUT2D eigenvalue weighted by Gasteiger charge is 2.24. The van der Waals surface area contributed by atoms with Gasteiger partial charge in [0.25, 0.3) is 5.91 Å². The third-order valence-corrected chi connectivity index (χ3v) is 3.69.